The molecule has 0 aromatic heterocycles. The molecule has 9 N–H and O–H groups in total. The van der Waals surface area contributed by atoms with Crippen molar-refractivity contribution in [1.82, 2.24) is 4.90 Å². The van der Waals surface area contributed by atoms with Crippen LogP contribution >= 0.6 is 0 Å². The van der Waals surface area contributed by atoms with Gasteiger partial charge in [-0.15, -0.1) is 0 Å². The molecule has 1 fully saturated rings. The smallest absolute Gasteiger partial charge is 0.261 e. The zero-order valence-electron chi connectivity index (χ0n) is 20.0. The van der Waals surface area contributed by atoms with Gasteiger partial charge in [0, 0.05) is 24.2 Å². The summed E-state index contributed by atoms with van der Waals surface area (Å²) in [7, 11) is 2.77. The van der Waals surface area contributed by atoms with Crippen molar-refractivity contribution < 1.29 is 60.2 Å². The number of piperidine rings is 1. The fourth-order valence-electron chi connectivity index (χ4n) is 5.19. The summed E-state index contributed by atoms with van der Waals surface area (Å²) in [4.78, 5) is 14.1. The highest BCUT2D eigenvalue weighted by molar-refractivity contribution is 6.04. The molecule has 0 bridgehead atoms. The van der Waals surface area contributed by atoms with Crippen LogP contribution in [0.5, 0.6) is 40.2 Å². The topological polar surface area (TPSA) is 221 Å². The van der Waals surface area contributed by atoms with E-state index in [-0.39, 0.29) is 60.9 Å². The number of fused-ring (bicyclic) bond motifs is 1. The van der Waals surface area contributed by atoms with Gasteiger partial charge in [-0.2, -0.15) is 0 Å². The van der Waals surface area contributed by atoms with Crippen molar-refractivity contribution in [2.24, 2.45) is 11.8 Å². The molecule has 13 heteroatoms. The average Bonchev–Trinajstić information content (AvgIpc) is 3.05. The maximum Gasteiger partial charge on any atom is 0.261 e. The number of likely N-dealkylation sites (tertiary alicyclic amines) is 1. The Bertz CT molecular complexity index is 1200. The van der Waals surface area contributed by atoms with E-state index in [9.17, 15) is 50.8 Å². The SMILES string of the molecule is COc1cc2c(cc1OC)C(O)(O)C(CC1CCN(C(O)(O)c3c(O)c(O)c(O)c(O)c3O)CC1)C2=O. The number of phenolic OH excluding ortho intramolecular Hbond substituents is 5. The molecular weight excluding hydrogens is 494 g/mol. The molecule has 0 amide bonds. The van der Waals surface area contributed by atoms with Crippen molar-refractivity contribution in [2.45, 2.75) is 31.0 Å². The Morgan fingerprint density at radius 3 is 1.89 bits per heavy atom. The van der Waals surface area contributed by atoms with E-state index in [4.69, 9.17) is 9.47 Å². The van der Waals surface area contributed by atoms with Crippen molar-refractivity contribution in [3.05, 3.63) is 28.8 Å². The van der Waals surface area contributed by atoms with Crippen molar-refractivity contribution in [2.75, 3.05) is 27.3 Å². The molecule has 1 heterocycles. The van der Waals surface area contributed by atoms with Crippen molar-refractivity contribution >= 4 is 5.78 Å². The molecule has 37 heavy (non-hydrogen) atoms. The van der Waals surface area contributed by atoms with Gasteiger partial charge in [0.25, 0.3) is 5.91 Å². The second-order valence-electron chi connectivity index (χ2n) is 9.32. The number of benzene rings is 2. The first-order valence-electron chi connectivity index (χ1n) is 11.4. The standard InChI is InChI=1S/C24H29NO12/c1-36-14-8-11-12(9-15(14)37-2)23(32,33)13(17(11)26)7-10-3-5-25(6-4-10)24(34,35)16-18(27)20(29)22(31)21(30)19(16)28/h8-10,13,27-35H,3-7H2,1-2H3. The molecule has 2 aromatic carbocycles. The van der Waals surface area contributed by atoms with Gasteiger partial charge < -0.3 is 55.4 Å². The molecule has 1 unspecified atom stereocenters. The molecule has 2 aromatic rings. The molecule has 202 valence electrons. The highest BCUT2D eigenvalue weighted by atomic mass is 16.5. The maximum atomic E-state index is 13.1. The third-order valence-electron chi connectivity index (χ3n) is 7.32. The van der Waals surface area contributed by atoms with Crippen molar-refractivity contribution in [3.8, 4) is 40.2 Å². The van der Waals surface area contributed by atoms with Gasteiger partial charge in [0.05, 0.1) is 20.1 Å². The number of aliphatic hydroxyl groups is 4. The number of hydrogen-bond donors (Lipinski definition) is 9. The van der Waals surface area contributed by atoms with E-state index in [1.165, 1.54) is 26.4 Å². The number of carbonyl (C=O) groups excluding carboxylic acids is 1. The van der Waals surface area contributed by atoms with Crippen molar-refractivity contribution in [1.29, 1.82) is 0 Å². The Balaban J connectivity index is 1.51. The first-order chi connectivity index (χ1) is 17.3. The number of Topliss-reactive ketones (excluding diaryl/α,β-unsaturated/α-hetero) is 1. The van der Waals surface area contributed by atoms with Gasteiger partial charge in [0.15, 0.2) is 28.8 Å². The van der Waals surface area contributed by atoms with E-state index in [1.807, 2.05) is 0 Å². The number of aromatic hydroxyl groups is 5. The summed E-state index contributed by atoms with van der Waals surface area (Å²) in [5.41, 5.74) is -0.916. The van der Waals surface area contributed by atoms with Gasteiger partial charge in [0.2, 0.25) is 23.0 Å². The summed E-state index contributed by atoms with van der Waals surface area (Å²) < 4.78 is 10.4. The van der Waals surface area contributed by atoms with E-state index in [2.05, 4.69) is 0 Å². The second-order valence-corrected chi connectivity index (χ2v) is 9.32. The quantitative estimate of drug-likeness (QED) is 0.139. The molecule has 1 aliphatic heterocycles. The molecule has 4 rings (SSSR count). The lowest BCUT2D eigenvalue weighted by Crippen LogP contribution is -2.50. The van der Waals surface area contributed by atoms with E-state index in [0.717, 1.165) is 4.90 Å². The minimum atomic E-state index is -3.05. The molecule has 0 spiro atoms. The lowest BCUT2D eigenvalue weighted by Gasteiger charge is -2.41. The molecule has 1 aliphatic carbocycles. The molecular formula is C24H29NO12. The van der Waals surface area contributed by atoms with Crippen LogP contribution in [0.15, 0.2) is 12.1 Å². The van der Waals surface area contributed by atoms with Crippen LogP contribution in [0.3, 0.4) is 0 Å². The summed E-state index contributed by atoms with van der Waals surface area (Å²) in [6.45, 7) is -0.0867. The fourth-order valence-corrected chi connectivity index (χ4v) is 5.19. The number of ketones is 1. The van der Waals surface area contributed by atoms with Gasteiger partial charge in [-0.25, -0.2) is 4.90 Å². The molecule has 13 nitrogen and oxygen atoms in total. The Labute approximate surface area is 210 Å². The Kier molecular flexibility index (Phi) is 6.55. The van der Waals surface area contributed by atoms with E-state index in [0.29, 0.717) is 0 Å². The minimum absolute atomic E-state index is 0.000199. The molecule has 0 radical (unpaired) electrons. The van der Waals surface area contributed by atoms with Crippen molar-refractivity contribution in [3.63, 3.8) is 0 Å². The van der Waals surface area contributed by atoms with Gasteiger partial charge in [-0.05, 0) is 37.3 Å². The predicted octanol–water partition coefficient (Wildman–Crippen LogP) is 0.0789. The Morgan fingerprint density at radius 1 is 0.892 bits per heavy atom. The summed E-state index contributed by atoms with van der Waals surface area (Å²) in [6.07, 6.45) is 0.576. The predicted molar refractivity (Wildman–Crippen MR) is 123 cm³/mol. The number of carbonyl (C=O) groups is 1. The minimum Gasteiger partial charge on any atom is -0.504 e. The van der Waals surface area contributed by atoms with Gasteiger partial charge in [-0.3, -0.25) is 4.79 Å². The Hall–Kier alpha value is -3.49. The summed E-state index contributed by atoms with van der Waals surface area (Å²) in [5.74, 6) is -13.1. The first kappa shape index (κ1) is 26.6. The van der Waals surface area contributed by atoms with Crippen LogP contribution in [-0.4, -0.2) is 84.0 Å². The third kappa shape index (κ3) is 4.04. The van der Waals surface area contributed by atoms with Crippen LogP contribution in [0.1, 0.15) is 40.7 Å². The number of hydrogen-bond acceptors (Lipinski definition) is 13. The van der Waals surface area contributed by atoms with E-state index >= 15 is 0 Å². The number of nitrogens with zero attached hydrogens (tertiary/aromatic N) is 1. The fraction of sp³-hybridized carbons (Fsp3) is 0.458. The highest BCUT2D eigenvalue weighted by Crippen LogP contribution is 2.54. The average molecular weight is 523 g/mol. The molecule has 1 atom stereocenters. The summed E-state index contributed by atoms with van der Waals surface area (Å²) in [6, 6.07) is 2.75. The van der Waals surface area contributed by atoms with Gasteiger partial charge >= 0.3 is 0 Å². The molecule has 2 aliphatic rings. The van der Waals surface area contributed by atoms with Crippen LogP contribution in [0.4, 0.5) is 0 Å². The second kappa shape index (κ2) is 9.11. The number of phenols is 5. The number of rotatable bonds is 6. The lowest BCUT2D eigenvalue weighted by molar-refractivity contribution is -0.282. The van der Waals surface area contributed by atoms with E-state index in [1.54, 1.807) is 0 Å². The van der Waals surface area contributed by atoms with Gasteiger partial charge in [0.1, 0.15) is 5.56 Å². The first-order valence-corrected chi connectivity index (χ1v) is 11.4. The Morgan fingerprint density at radius 2 is 1.38 bits per heavy atom. The van der Waals surface area contributed by atoms with Gasteiger partial charge in [-0.1, -0.05) is 0 Å². The summed E-state index contributed by atoms with van der Waals surface area (Å²) in [5, 5.41) is 92.5. The van der Waals surface area contributed by atoms with E-state index < -0.39 is 57.7 Å². The lowest BCUT2D eigenvalue weighted by atomic mass is 9.83. The normalized spacial score (nSPS) is 20.2. The van der Waals surface area contributed by atoms with Crippen LogP contribution in [-0.2, 0) is 11.7 Å². The zero-order chi connectivity index (χ0) is 27.4. The zero-order valence-corrected chi connectivity index (χ0v) is 20.0. The van der Waals surface area contributed by atoms with Crippen LogP contribution in [0.25, 0.3) is 0 Å². The number of ether oxygens (including phenoxy) is 2. The summed E-state index contributed by atoms with van der Waals surface area (Å²) >= 11 is 0. The highest BCUT2D eigenvalue weighted by Gasteiger charge is 2.52. The maximum absolute atomic E-state index is 13.1. The molecule has 0 saturated carbocycles. The van der Waals surface area contributed by atoms with Crippen LogP contribution in [0.2, 0.25) is 0 Å². The third-order valence-corrected chi connectivity index (χ3v) is 7.32. The van der Waals surface area contributed by atoms with Crippen LogP contribution in [0, 0.1) is 11.8 Å². The molecule has 1 saturated heterocycles. The largest absolute Gasteiger partial charge is 0.504 e. The number of methoxy groups -OCH3 is 2. The van der Waals surface area contributed by atoms with Crippen LogP contribution < -0.4 is 9.47 Å². The monoisotopic (exact) mass is 523 g/mol.